The predicted molar refractivity (Wildman–Crippen MR) is 93.2 cm³/mol. The van der Waals surface area contributed by atoms with E-state index >= 15 is 0 Å². The lowest BCUT2D eigenvalue weighted by atomic mass is 10.1. The van der Waals surface area contributed by atoms with Crippen LogP contribution >= 0.6 is 0 Å². The molecule has 0 aliphatic rings. The van der Waals surface area contributed by atoms with E-state index in [0.29, 0.717) is 5.95 Å². The SMILES string of the molecule is CCc1nnc(N(C)C(C)c2cccc(S(N)(=O)=O)c2)nc1CC. The van der Waals surface area contributed by atoms with Gasteiger partial charge >= 0.3 is 0 Å². The highest BCUT2D eigenvalue weighted by Crippen LogP contribution is 2.24. The number of anilines is 1. The molecule has 1 aromatic carbocycles. The number of sulfonamides is 1. The van der Waals surface area contributed by atoms with Gasteiger partial charge in [0.15, 0.2) is 0 Å². The van der Waals surface area contributed by atoms with Crippen molar-refractivity contribution in [2.75, 3.05) is 11.9 Å². The molecule has 1 heterocycles. The molecule has 1 unspecified atom stereocenters. The van der Waals surface area contributed by atoms with Gasteiger partial charge in [0.25, 0.3) is 0 Å². The van der Waals surface area contributed by atoms with Crippen molar-refractivity contribution in [2.45, 2.75) is 44.6 Å². The second kappa shape index (κ2) is 7.23. The van der Waals surface area contributed by atoms with Crippen LogP contribution in [-0.2, 0) is 22.9 Å². The van der Waals surface area contributed by atoms with Gasteiger partial charge in [0.1, 0.15) is 0 Å². The van der Waals surface area contributed by atoms with Crippen LogP contribution in [0.25, 0.3) is 0 Å². The van der Waals surface area contributed by atoms with Crippen LogP contribution in [0.5, 0.6) is 0 Å². The Kier molecular flexibility index (Phi) is 5.51. The molecule has 7 nitrogen and oxygen atoms in total. The van der Waals surface area contributed by atoms with Crippen LogP contribution in [0.15, 0.2) is 29.2 Å². The Hall–Kier alpha value is -2.06. The van der Waals surface area contributed by atoms with Gasteiger partial charge < -0.3 is 4.90 Å². The zero-order chi connectivity index (χ0) is 17.9. The molecular weight excluding hydrogens is 326 g/mol. The minimum Gasteiger partial charge on any atom is -0.336 e. The molecular formula is C16H23N5O2S. The lowest BCUT2D eigenvalue weighted by molar-refractivity contribution is 0.597. The normalized spacial score (nSPS) is 12.9. The summed E-state index contributed by atoms with van der Waals surface area (Å²) in [6, 6.07) is 6.45. The number of primary sulfonamides is 1. The maximum Gasteiger partial charge on any atom is 0.245 e. The zero-order valence-corrected chi connectivity index (χ0v) is 15.2. The fourth-order valence-electron chi connectivity index (χ4n) is 2.43. The molecule has 24 heavy (non-hydrogen) atoms. The molecule has 0 aliphatic carbocycles. The van der Waals surface area contributed by atoms with Gasteiger partial charge in [-0.15, -0.1) is 5.10 Å². The molecule has 8 heteroatoms. The number of aryl methyl sites for hydroxylation is 2. The van der Waals surface area contributed by atoms with Crippen LogP contribution in [-0.4, -0.2) is 30.6 Å². The maximum atomic E-state index is 11.5. The number of aromatic nitrogens is 3. The Bertz CT molecular complexity index is 823. The van der Waals surface area contributed by atoms with Gasteiger partial charge in [-0.25, -0.2) is 18.5 Å². The van der Waals surface area contributed by atoms with E-state index in [2.05, 4.69) is 15.2 Å². The summed E-state index contributed by atoms with van der Waals surface area (Å²) in [5.74, 6) is 0.512. The molecule has 1 atom stereocenters. The first-order chi connectivity index (χ1) is 11.3. The lowest BCUT2D eigenvalue weighted by Crippen LogP contribution is -2.25. The van der Waals surface area contributed by atoms with Crippen molar-refractivity contribution >= 4 is 16.0 Å². The summed E-state index contributed by atoms with van der Waals surface area (Å²) in [7, 11) is -1.87. The summed E-state index contributed by atoms with van der Waals surface area (Å²) < 4.78 is 23.1. The van der Waals surface area contributed by atoms with Crippen LogP contribution < -0.4 is 10.0 Å². The molecule has 0 bridgehead atoms. The minimum atomic E-state index is -3.73. The first-order valence-electron chi connectivity index (χ1n) is 7.86. The Morgan fingerprint density at radius 1 is 1.17 bits per heavy atom. The summed E-state index contributed by atoms with van der Waals surface area (Å²) in [4.78, 5) is 6.55. The van der Waals surface area contributed by atoms with Gasteiger partial charge in [-0.2, -0.15) is 5.10 Å². The van der Waals surface area contributed by atoms with Crippen LogP contribution in [0.1, 0.15) is 43.8 Å². The van der Waals surface area contributed by atoms with E-state index in [-0.39, 0.29) is 10.9 Å². The highest BCUT2D eigenvalue weighted by atomic mass is 32.2. The smallest absolute Gasteiger partial charge is 0.245 e. The summed E-state index contributed by atoms with van der Waals surface area (Å²) in [6.07, 6.45) is 1.58. The average molecular weight is 349 g/mol. The molecule has 2 rings (SSSR count). The van der Waals surface area contributed by atoms with Gasteiger partial charge in [0.2, 0.25) is 16.0 Å². The van der Waals surface area contributed by atoms with Crippen molar-refractivity contribution < 1.29 is 8.42 Å². The Morgan fingerprint density at radius 3 is 2.42 bits per heavy atom. The molecule has 0 amide bonds. The van der Waals surface area contributed by atoms with E-state index in [0.717, 1.165) is 29.8 Å². The fourth-order valence-corrected chi connectivity index (χ4v) is 2.99. The van der Waals surface area contributed by atoms with Crippen molar-refractivity contribution in [3.05, 3.63) is 41.2 Å². The van der Waals surface area contributed by atoms with E-state index in [1.807, 2.05) is 38.8 Å². The Labute approximate surface area is 143 Å². The summed E-state index contributed by atoms with van der Waals surface area (Å²) in [6.45, 7) is 6.01. The van der Waals surface area contributed by atoms with Crippen LogP contribution in [0, 0.1) is 0 Å². The van der Waals surface area contributed by atoms with Gasteiger partial charge in [0, 0.05) is 7.05 Å². The topological polar surface area (TPSA) is 102 Å². The molecule has 2 aromatic rings. The van der Waals surface area contributed by atoms with Crippen molar-refractivity contribution in [2.24, 2.45) is 5.14 Å². The van der Waals surface area contributed by atoms with E-state index in [4.69, 9.17) is 5.14 Å². The number of nitrogens with two attached hydrogens (primary N) is 1. The third-order valence-electron chi connectivity index (χ3n) is 4.06. The third-order valence-corrected chi connectivity index (χ3v) is 4.97. The lowest BCUT2D eigenvalue weighted by Gasteiger charge is -2.25. The first kappa shape index (κ1) is 18.3. The Morgan fingerprint density at radius 2 is 1.83 bits per heavy atom. The number of nitrogens with zero attached hydrogens (tertiary/aromatic N) is 4. The van der Waals surface area contributed by atoms with Crippen molar-refractivity contribution in [1.29, 1.82) is 0 Å². The standard InChI is InChI=1S/C16H23N5O2S/c1-5-14-15(6-2)19-20-16(18-14)21(4)11(3)12-8-7-9-13(10-12)24(17,22)23/h7-11H,5-6H2,1-4H3,(H2,17,22,23). The molecule has 0 spiro atoms. The molecule has 0 saturated heterocycles. The fraction of sp³-hybridized carbons (Fsp3) is 0.438. The van der Waals surface area contributed by atoms with Crippen LogP contribution in [0.4, 0.5) is 5.95 Å². The molecule has 1 aromatic heterocycles. The quantitative estimate of drug-likeness (QED) is 0.854. The van der Waals surface area contributed by atoms with E-state index < -0.39 is 10.0 Å². The highest BCUT2D eigenvalue weighted by molar-refractivity contribution is 7.89. The van der Waals surface area contributed by atoms with Gasteiger partial charge in [-0.1, -0.05) is 26.0 Å². The minimum absolute atomic E-state index is 0.0925. The molecule has 0 saturated carbocycles. The van der Waals surface area contributed by atoms with Gasteiger partial charge in [-0.3, -0.25) is 0 Å². The summed E-state index contributed by atoms with van der Waals surface area (Å²) in [5, 5.41) is 13.7. The number of benzene rings is 1. The second-order valence-corrected chi connectivity index (χ2v) is 7.18. The third kappa shape index (κ3) is 3.88. The maximum absolute atomic E-state index is 11.5. The monoisotopic (exact) mass is 349 g/mol. The van der Waals surface area contributed by atoms with Gasteiger partial charge in [0.05, 0.1) is 22.3 Å². The predicted octanol–water partition coefficient (Wildman–Crippen LogP) is 1.84. The van der Waals surface area contributed by atoms with Crippen LogP contribution in [0.3, 0.4) is 0 Å². The number of hydrogen-bond donors (Lipinski definition) is 1. The van der Waals surface area contributed by atoms with Gasteiger partial charge in [-0.05, 0) is 37.5 Å². The highest BCUT2D eigenvalue weighted by Gasteiger charge is 2.18. The van der Waals surface area contributed by atoms with E-state index in [9.17, 15) is 8.42 Å². The second-order valence-electron chi connectivity index (χ2n) is 5.62. The molecule has 130 valence electrons. The molecule has 2 N–H and O–H groups in total. The Balaban J connectivity index is 2.34. The van der Waals surface area contributed by atoms with E-state index in [1.165, 1.54) is 6.07 Å². The van der Waals surface area contributed by atoms with Crippen molar-refractivity contribution in [3.63, 3.8) is 0 Å². The number of hydrogen-bond acceptors (Lipinski definition) is 6. The molecule has 0 radical (unpaired) electrons. The molecule has 0 aliphatic heterocycles. The summed E-state index contributed by atoms with van der Waals surface area (Å²) >= 11 is 0. The van der Waals surface area contributed by atoms with Crippen LogP contribution in [0.2, 0.25) is 0 Å². The zero-order valence-electron chi connectivity index (χ0n) is 14.4. The van der Waals surface area contributed by atoms with Crippen molar-refractivity contribution in [1.82, 2.24) is 15.2 Å². The van der Waals surface area contributed by atoms with E-state index in [1.54, 1.807) is 12.1 Å². The largest absolute Gasteiger partial charge is 0.336 e. The average Bonchev–Trinajstić information content (AvgIpc) is 2.59. The summed E-state index contributed by atoms with van der Waals surface area (Å²) in [5.41, 5.74) is 2.64. The number of rotatable bonds is 6. The first-order valence-corrected chi connectivity index (χ1v) is 9.40. The van der Waals surface area contributed by atoms with Crippen molar-refractivity contribution in [3.8, 4) is 0 Å². The molecule has 0 fully saturated rings.